The van der Waals surface area contributed by atoms with Crippen LogP contribution in [0, 0.1) is 0 Å². The minimum absolute atomic E-state index is 0.998. The first kappa shape index (κ1) is 24.2. The monoisotopic (exact) mass is 565 g/mol. The summed E-state index contributed by atoms with van der Waals surface area (Å²) in [6.07, 6.45) is 1.97. The van der Waals surface area contributed by atoms with E-state index in [0.717, 1.165) is 22.3 Å². The van der Waals surface area contributed by atoms with Gasteiger partial charge in [-0.2, -0.15) is 0 Å². The molecule has 0 aliphatic rings. The van der Waals surface area contributed by atoms with Crippen LogP contribution >= 0.6 is 11.3 Å². The Balaban J connectivity index is 1.17. The molecule has 0 radical (unpaired) electrons. The molecule has 7 aromatic carbocycles. The number of hydrogen-bond acceptors (Lipinski definition) is 2. The molecule has 0 unspecified atom stereocenters. The lowest BCUT2D eigenvalue weighted by Crippen LogP contribution is -2.10. The molecule has 0 saturated carbocycles. The number of nitrogens with zero attached hydrogens (tertiary/aromatic N) is 1. The predicted octanol–water partition coefficient (Wildman–Crippen LogP) is 10.7. The molecule has 0 atom stereocenters. The van der Waals surface area contributed by atoms with Crippen molar-refractivity contribution in [2.24, 2.45) is 0 Å². The average Bonchev–Trinajstić information content (AvgIpc) is 3.47. The van der Waals surface area contributed by atoms with Crippen LogP contribution in [-0.4, -0.2) is 4.98 Å². The lowest BCUT2D eigenvalue weighted by molar-refractivity contribution is -0.330. The van der Waals surface area contributed by atoms with Gasteiger partial charge in [-0.1, -0.05) is 109 Å². The lowest BCUT2D eigenvalue weighted by Gasteiger charge is -2.09. The maximum Gasteiger partial charge on any atom is 0.238 e. The van der Waals surface area contributed by atoms with Gasteiger partial charge in [-0.15, -0.1) is 11.3 Å². The Morgan fingerprint density at radius 3 is 1.86 bits per heavy atom. The molecule has 0 aliphatic carbocycles. The maximum absolute atomic E-state index is 5.01. The van der Waals surface area contributed by atoms with E-state index in [1.807, 2.05) is 17.5 Å². The number of fused-ring (bicyclic) bond motifs is 9. The van der Waals surface area contributed by atoms with E-state index in [-0.39, 0.29) is 0 Å². The minimum atomic E-state index is 0.998. The number of thiophene rings is 1. The van der Waals surface area contributed by atoms with Crippen LogP contribution in [0.5, 0.6) is 0 Å². The molecule has 1 N–H and O–H groups in total. The highest BCUT2D eigenvalue weighted by atomic mass is 32.1. The summed E-state index contributed by atoms with van der Waals surface area (Å²) >= 11 is 1.88. The van der Waals surface area contributed by atoms with Crippen molar-refractivity contribution in [1.29, 1.82) is 0 Å². The number of aromatic nitrogens is 2. The van der Waals surface area contributed by atoms with Crippen LogP contribution < -0.4 is 4.98 Å². The van der Waals surface area contributed by atoms with Gasteiger partial charge in [0.2, 0.25) is 11.2 Å². The smallest absolute Gasteiger partial charge is 0.238 e. The molecule has 200 valence electrons. The second-order valence-electron chi connectivity index (χ2n) is 11.1. The number of nitrogens with one attached hydrogen (secondary N) is 1. The fraction of sp³-hybridized carbons (Fsp3) is 0. The summed E-state index contributed by atoms with van der Waals surface area (Å²) in [5.41, 5.74) is 9.07. The second-order valence-corrected chi connectivity index (χ2v) is 12.1. The van der Waals surface area contributed by atoms with Gasteiger partial charge >= 0.3 is 0 Å². The molecule has 3 heteroatoms. The molecule has 0 saturated heterocycles. The van der Waals surface area contributed by atoms with Crippen LogP contribution in [0.2, 0.25) is 0 Å². The standard InChI is InChI=1S/C40H24N2S/c1-3-17-33-30(14-1)31-15-2-4-18-34(31)39-38(33)41-24-36(42-39)28-13-8-11-26(23-28)25-10-7-12-27(22-25)29-19-9-20-35-32-16-5-6-21-37(32)43-40(29)35/h1-24H/p+1. The van der Waals surface area contributed by atoms with E-state index in [0.29, 0.717) is 0 Å². The molecule has 9 rings (SSSR count). The van der Waals surface area contributed by atoms with Gasteiger partial charge in [0.1, 0.15) is 11.7 Å². The summed E-state index contributed by atoms with van der Waals surface area (Å²) in [7, 11) is 0. The topological polar surface area (TPSA) is 27.0 Å². The van der Waals surface area contributed by atoms with Crippen LogP contribution in [0.1, 0.15) is 0 Å². The summed E-state index contributed by atoms with van der Waals surface area (Å²) in [6.45, 7) is 0. The number of aromatic amines is 1. The third kappa shape index (κ3) is 3.86. The second kappa shape index (κ2) is 9.59. The van der Waals surface area contributed by atoms with Gasteiger partial charge in [0.05, 0.1) is 5.39 Å². The molecule has 2 heterocycles. The van der Waals surface area contributed by atoms with E-state index < -0.39 is 0 Å². The average molecular weight is 566 g/mol. The molecule has 0 bridgehead atoms. The van der Waals surface area contributed by atoms with Crippen molar-refractivity contribution in [3.63, 3.8) is 0 Å². The Kier molecular flexibility index (Phi) is 5.40. The molecule has 2 nitrogen and oxygen atoms in total. The number of benzene rings is 7. The first-order valence-electron chi connectivity index (χ1n) is 14.5. The lowest BCUT2D eigenvalue weighted by atomic mass is 9.96. The quantitative estimate of drug-likeness (QED) is 0.196. The third-order valence-electron chi connectivity index (χ3n) is 8.57. The highest BCUT2D eigenvalue weighted by Crippen LogP contribution is 2.40. The largest absolute Gasteiger partial charge is 0.242 e. The first-order chi connectivity index (χ1) is 21.3. The zero-order valence-electron chi connectivity index (χ0n) is 23.2. The van der Waals surface area contributed by atoms with Crippen molar-refractivity contribution in [2.45, 2.75) is 0 Å². The molecular weight excluding hydrogens is 541 g/mol. The van der Waals surface area contributed by atoms with Crippen molar-refractivity contribution in [3.05, 3.63) is 146 Å². The van der Waals surface area contributed by atoms with Crippen LogP contribution in [0.4, 0.5) is 0 Å². The van der Waals surface area contributed by atoms with Gasteiger partial charge in [0.25, 0.3) is 0 Å². The van der Waals surface area contributed by atoms with E-state index in [1.165, 1.54) is 64.0 Å². The van der Waals surface area contributed by atoms with Gasteiger partial charge in [0, 0.05) is 31.1 Å². The van der Waals surface area contributed by atoms with Crippen molar-refractivity contribution in [2.75, 3.05) is 0 Å². The number of H-pyrrole nitrogens is 1. The third-order valence-corrected chi connectivity index (χ3v) is 9.79. The van der Waals surface area contributed by atoms with Crippen molar-refractivity contribution < 1.29 is 4.98 Å². The van der Waals surface area contributed by atoms with Crippen LogP contribution in [0.15, 0.2) is 146 Å². The van der Waals surface area contributed by atoms with Crippen LogP contribution in [0.25, 0.3) is 86.3 Å². The fourth-order valence-electron chi connectivity index (χ4n) is 6.53. The summed E-state index contributed by atoms with van der Waals surface area (Å²) < 4.78 is 2.67. The van der Waals surface area contributed by atoms with Gasteiger partial charge < -0.3 is 0 Å². The van der Waals surface area contributed by atoms with Crippen molar-refractivity contribution in [3.8, 4) is 33.5 Å². The summed E-state index contributed by atoms with van der Waals surface area (Å²) in [6, 6.07) is 50.2. The molecule has 0 aliphatic heterocycles. The summed E-state index contributed by atoms with van der Waals surface area (Å²) in [5, 5.41) is 7.47. The Labute approximate surface area is 252 Å². The molecular formula is C40H25N2S+. The van der Waals surface area contributed by atoms with Gasteiger partial charge in [-0.3, -0.25) is 0 Å². The summed E-state index contributed by atoms with van der Waals surface area (Å²) in [5.74, 6) is 0. The van der Waals surface area contributed by atoms with Crippen LogP contribution in [-0.2, 0) is 0 Å². The van der Waals surface area contributed by atoms with E-state index in [2.05, 4.69) is 145 Å². The Bertz CT molecular complexity index is 2490. The van der Waals surface area contributed by atoms with Crippen molar-refractivity contribution in [1.82, 2.24) is 4.98 Å². The molecule has 9 aromatic rings. The SMILES string of the molecule is c1cc(-c2cccc(-c3cccc4c3sc3ccccc34)c2)cc(-c2cnc3c4ccccc4c4ccccc4c3[nH+]2)c1. The molecule has 43 heavy (non-hydrogen) atoms. The zero-order chi connectivity index (χ0) is 28.3. The van der Waals surface area contributed by atoms with Gasteiger partial charge in [-0.05, 0) is 63.4 Å². The molecule has 0 amide bonds. The Morgan fingerprint density at radius 2 is 1.05 bits per heavy atom. The van der Waals surface area contributed by atoms with Crippen LogP contribution in [0.3, 0.4) is 0 Å². The molecule has 2 aromatic heterocycles. The van der Waals surface area contributed by atoms with Gasteiger partial charge in [-0.25, -0.2) is 9.97 Å². The minimum Gasteiger partial charge on any atom is -0.242 e. The fourth-order valence-corrected chi connectivity index (χ4v) is 7.77. The van der Waals surface area contributed by atoms with Gasteiger partial charge in [0.15, 0.2) is 0 Å². The maximum atomic E-state index is 5.01. The van der Waals surface area contributed by atoms with E-state index in [4.69, 9.17) is 4.98 Å². The first-order valence-corrected chi connectivity index (χ1v) is 15.4. The predicted molar refractivity (Wildman–Crippen MR) is 183 cm³/mol. The van der Waals surface area contributed by atoms with E-state index >= 15 is 0 Å². The van der Waals surface area contributed by atoms with E-state index in [9.17, 15) is 0 Å². The highest BCUT2D eigenvalue weighted by Gasteiger charge is 2.17. The van der Waals surface area contributed by atoms with E-state index in [1.54, 1.807) is 0 Å². The number of rotatable bonds is 3. The normalized spacial score (nSPS) is 11.7. The zero-order valence-corrected chi connectivity index (χ0v) is 24.0. The molecule has 0 fully saturated rings. The molecule has 0 spiro atoms. The number of hydrogen-bond donors (Lipinski definition) is 0. The van der Waals surface area contributed by atoms with Crippen molar-refractivity contribution >= 4 is 64.1 Å². The highest BCUT2D eigenvalue weighted by molar-refractivity contribution is 7.26. The summed E-state index contributed by atoms with van der Waals surface area (Å²) in [4.78, 5) is 8.77. The Morgan fingerprint density at radius 1 is 0.465 bits per heavy atom. The Hall–Kier alpha value is -5.38.